The van der Waals surface area contributed by atoms with Crippen LogP contribution in [0.3, 0.4) is 0 Å². The summed E-state index contributed by atoms with van der Waals surface area (Å²) >= 11 is 0. The third kappa shape index (κ3) is 2.65. The lowest BCUT2D eigenvalue weighted by molar-refractivity contribution is 0.0515. The highest BCUT2D eigenvalue weighted by molar-refractivity contribution is 5.92. The van der Waals surface area contributed by atoms with Gasteiger partial charge >= 0.3 is 0 Å². The smallest absolute Gasteiger partial charge is 0.272 e. The quantitative estimate of drug-likeness (QED) is 0.901. The van der Waals surface area contributed by atoms with E-state index in [-0.39, 0.29) is 5.91 Å². The summed E-state index contributed by atoms with van der Waals surface area (Å²) in [6.45, 7) is 1.82. The molecule has 4 nitrogen and oxygen atoms in total. The zero-order valence-electron chi connectivity index (χ0n) is 12.1. The fraction of sp³-hybridized carbons (Fsp3) is 0.625. The zero-order valence-corrected chi connectivity index (χ0v) is 12.1. The van der Waals surface area contributed by atoms with Gasteiger partial charge in [0.25, 0.3) is 5.91 Å². The number of rotatable bonds is 2. The van der Waals surface area contributed by atoms with Crippen molar-refractivity contribution in [2.75, 3.05) is 25.5 Å². The maximum atomic E-state index is 12.6. The van der Waals surface area contributed by atoms with E-state index < -0.39 is 0 Å². The number of anilines is 1. The first kappa shape index (κ1) is 13.4. The van der Waals surface area contributed by atoms with Crippen LogP contribution in [-0.2, 0) is 0 Å². The van der Waals surface area contributed by atoms with Gasteiger partial charge in [0, 0.05) is 20.1 Å². The Bertz CT molecular complexity index is 488. The van der Waals surface area contributed by atoms with E-state index in [9.17, 15) is 4.79 Å². The fourth-order valence-electron chi connectivity index (χ4n) is 3.64. The number of carbonyl (C=O) groups is 1. The summed E-state index contributed by atoms with van der Waals surface area (Å²) in [6, 6.07) is 5.58. The van der Waals surface area contributed by atoms with Crippen molar-refractivity contribution in [3.63, 3.8) is 0 Å². The third-order valence-electron chi connectivity index (χ3n) is 4.80. The minimum Gasteiger partial charge on any atom is -0.373 e. The molecule has 0 spiro atoms. The van der Waals surface area contributed by atoms with Gasteiger partial charge in [0.2, 0.25) is 0 Å². The van der Waals surface area contributed by atoms with Crippen molar-refractivity contribution in [1.29, 1.82) is 0 Å². The Morgan fingerprint density at radius 1 is 1.25 bits per heavy atom. The van der Waals surface area contributed by atoms with Crippen LogP contribution in [0, 0.1) is 11.8 Å². The summed E-state index contributed by atoms with van der Waals surface area (Å²) in [5, 5.41) is 2.99. The van der Waals surface area contributed by atoms with E-state index in [4.69, 9.17) is 0 Å². The largest absolute Gasteiger partial charge is 0.373 e. The first-order valence-corrected chi connectivity index (χ1v) is 7.72. The van der Waals surface area contributed by atoms with Gasteiger partial charge in [-0.3, -0.25) is 4.79 Å². The molecule has 1 saturated heterocycles. The van der Waals surface area contributed by atoms with E-state index in [1.54, 1.807) is 0 Å². The first-order valence-electron chi connectivity index (χ1n) is 7.72. The SMILES string of the molecule is CNc1cccc(C(=O)N2CCC3CCCCC3C2)n1. The third-order valence-corrected chi connectivity index (χ3v) is 4.80. The summed E-state index contributed by atoms with van der Waals surface area (Å²) in [7, 11) is 1.82. The number of nitrogens with one attached hydrogen (secondary N) is 1. The number of nitrogens with zero attached hydrogens (tertiary/aromatic N) is 2. The second kappa shape index (κ2) is 5.81. The maximum Gasteiger partial charge on any atom is 0.272 e. The van der Waals surface area contributed by atoms with Crippen LogP contribution >= 0.6 is 0 Å². The molecule has 2 unspecified atom stereocenters. The Hall–Kier alpha value is -1.58. The monoisotopic (exact) mass is 273 g/mol. The average Bonchev–Trinajstić information content (AvgIpc) is 2.53. The first-order chi connectivity index (χ1) is 9.78. The molecule has 2 aliphatic rings. The normalized spacial score (nSPS) is 25.9. The summed E-state index contributed by atoms with van der Waals surface area (Å²) in [5.41, 5.74) is 0.561. The maximum absolute atomic E-state index is 12.6. The van der Waals surface area contributed by atoms with Gasteiger partial charge in [-0.15, -0.1) is 0 Å². The van der Waals surface area contributed by atoms with Crippen molar-refractivity contribution in [1.82, 2.24) is 9.88 Å². The molecule has 0 radical (unpaired) electrons. The summed E-state index contributed by atoms with van der Waals surface area (Å²) in [5.74, 6) is 2.41. The van der Waals surface area contributed by atoms with Gasteiger partial charge in [0.15, 0.2) is 0 Å². The highest BCUT2D eigenvalue weighted by atomic mass is 16.2. The molecule has 1 saturated carbocycles. The number of piperidine rings is 1. The minimum absolute atomic E-state index is 0.0890. The Balaban J connectivity index is 1.70. The van der Waals surface area contributed by atoms with Crippen LogP contribution in [0.2, 0.25) is 0 Å². The molecule has 0 bridgehead atoms. The van der Waals surface area contributed by atoms with Gasteiger partial charge in [0.05, 0.1) is 0 Å². The standard InChI is InChI=1S/C16H23N3O/c1-17-15-8-4-7-14(18-15)16(20)19-10-9-12-5-2-3-6-13(12)11-19/h4,7-8,12-13H,2-3,5-6,9-11H2,1H3,(H,17,18). The van der Waals surface area contributed by atoms with Gasteiger partial charge in [-0.1, -0.05) is 25.3 Å². The van der Waals surface area contributed by atoms with E-state index in [0.717, 1.165) is 24.8 Å². The number of hydrogen-bond acceptors (Lipinski definition) is 3. The molecule has 1 N–H and O–H groups in total. The van der Waals surface area contributed by atoms with Gasteiger partial charge in [-0.25, -0.2) is 4.98 Å². The minimum atomic E-state index is 0.0890. The van der Waals surface area contributed by atoms with Crippen LogP contribution in [0.25, 0.3) is 0 Å². The van der Waals surface area contributed by atoms with Crippen molar-refractivity contribution in [2.45, 2.75) is 32.1 Å². The number of likely N-dealkylation sites (tertiary alicyclic amines) is 1. The zero-order chi connectivity index (χ0) is 13.9. The number of pyridine rings is 1. The van der Waals surface area contributed by atoms with Crippen LogP contribution in [0.4, 0.5) is 5.82 Å². The second-order valence-corrected chi connectivity index (χ2v) is 6.00. The molecule has 2 atom stereocenters. The lowest BCUT2D eigenvalue weighted by Crippen LogP contribution is -2.45. The Labute approximate surface area is 120 Å². The van der Waals surface area contributed by atoms with Gasteiger partial charge < -0.3 is 10.2 Å². The number of amides is 1. The molecule has 1 aromatic heterocycles. The summed E-state index contributed by atoms with van der Waals surface area (Å²) in [6.07, 6.45) is 6.53. The molecule has 1 amide bonds. The van der Waals surface area contributed by atoms with E-state index in [2.05, 4.69) is 10.3 Å². The predicted molar refractivity (Wildman–Crippen MR) is 79.8 cm³/mol. The lowest BCUT2D eigenvalue weighted by atomic mass is 9.75. The fourth-order valence-corrected chi connectivity index (χ4v) is 3.64. The molecular formula is C16H23N3O. The molecule has 2 fully saturated rings. The van der Waals surface area contributed by atoms with Crippen molar-refractivity contribution in [3.05, 3.63) is 23.9 Å². The average molecular weight is 273 g/mol. The van der Waals surface area contributed by atoms with Crippen molar-refractivity contribution in [2.24, 2.45) is 11.8 Å². The number of carbonyl (C=O) groups excluding carboxylic acids is 1. The van der Waals surface area contributed by atoms with Gasteiger partial charge in [0.1, 0.15) is 11.5 Å². The van der Waals surface area contributed by atoms with Crippen LogP contribution in [0.1, 0.15) is 42.6 Å². The van der Waals surface area contributed by atoms with E-state index in [1.807, 2.05) is 30.1 Å². The van der Waals surface area contributed by atoms with E-state index >= 15 is 0 Å². The number of fused-ring (bicyclic) bond motifs is 1. The predicted octanol–water partition coefficient (Wildman–Crippen LogP) is 2.78. The van der Waals surface area contributed by atoms with E-state index in [0.29, 0.717) is 11.6 Å². The molecular weight excluding hydrogens is 250 g/mol. The highest BCUT2D eigenvalue weighted by Gasteiger charge is 2.33. The molecule has 1 aromatic rings. The molecule has 20 heavy (non-hydrogen) atoms. The highest BCUT2D eigenvalue weighted by Crippen LogP contribution is 2.36. The molecule has 2 heterocycles. The molecule has 1 aliphatic carbocycles. The van der Waals surface area contributed by atoms with Gasteiger partial charge in [-0.05, 0) is 36.8 Å². The van der Waals surface area contributed by atoms with Crippen molar-refractivity contribution >= 4 is 11.7 Å². The number of hydrogen-bond donors (Lipinski definition) is 1. The molecule has 1 aliphatic heterocycles. The van der Waals surface area contributed by atoms with E-state index in [1.165, 1.54) is 32.1 Å². The van der Waals surface area contributed by atoms with Gasteiger partial charge in [-0.2, -0.15) is 0 Å². The summed E-state index contributed by atoms with van der Waals surface area (Å²) < 4.78 is 0. The Morgan fingerprint density at radius 2 is 2.05 bits per heavy atom. The number of aromatic nitrogens is 1. The van der Waals surface area contributed by atoms with Crippen molar-refractivity contribution in [3.8, 4) is 0 Å². The second-order valence-electron chi connectivity index (χ2n) is 6.00. The summed E-state index contributed by atoms with van der Waals surface area (Å²) in [4.78, 5) is 19.0. The van der Waals surface area contributed by atoms with Crippen LogP contribution in [0.15, 0.2) is 18.2 Å². The van der Waals surface area contributed by atoms with Crippen molar-refractivity contribution < 1.29 is 4.79 Å². The Morgan fingerprint density at radius 3 is 2.85 bits per heavy atom. The van der Waals surface area contributed by atoms with Crippen LogP contribution < -0.4 is 5.32 Å². The molecule has 0 aromatic carbocycles. The topological polar surface area (TPSA) is 45.2 Å². The van der Waals surface area contributed by atoms with Crippen LogP contribution in [-0.4, -0.2) is 35.9 Å². The molecule has 3 rings (SSSR count). The molecule has 4 heteroatoms. The lowest BCUT2D eigenvalue weighted by Gasteiger charge is -2.41. The molecule has 108 valence electrons. The van der Waals surface area contributed by atoms with Crippen LogP contribution in [0.5, 0.6) is 0 Å². The Kier molecular flexibility index (Phi) is 3.90.